The van der Waals surface area contributed by atoms with Gasteiger partial charge in [0.1, 0.15) is 11.2 Å². The molecule has 0 fully saturated rings. The van der Waals surface area contributed by atoms with Crippen molar-refractivity contribution in [2.45, 2.75) is 26.7 Å². The van der Waals surface area contributed by atoms with E-state index in [0.29, 0.717) is 34.1 Å². The average Bonchev–Trinajstić information content (AvgIpc) is 3.10. The Kier molecular flexibility index (Phi) is 6.13. The van der Waals surface area contributed by atoms with Gasteiger partial charge in [0.15, 0.2) is 11.5 Å². The molecule has 0 atom stereocenters. The summed E-state index contributed by atoms with van der Waals surface area (Å²) >= 11 is 7.84. The van der Waals surface area contributed by atoms with Gasteiger partial charge in [-0.25, -0.2) is 4.98 Å². The number of fused-ring (bicyclic) bond motifs is 1. The number of halogens is 1. The lowest BCUT2D eigenvalue weighted by atomic mass is 10.2. The molecule has 0 saturated carbocycles. The summed E-state index contributed by atoms with van der Waals surface area (Å²) in [4.78, 5) is 18.8. The first kappa shape index (κ1) is 19.4. The van der Waals surface area contributed by atoms with Crippen molar-refractivity contribution >= 4 is 39.4 Å². The molecular formula is C19H20ClN3O3S. The van der Waals surface area contributed by atoms with E-state index in [1.165, 1.54) is 22.3 Å². The minimum atomic E-state index is -0.201. The van der Waals surface area contributed by atoms with Crippen LogP contribution < -0.4 is 15.0 Å². The summed E-state index contributed by atoms with van der Waals surface area (Å²) in [6.07, 6.45) is 4.70. The molecule has 2 heterocycles. The van der Waals surface area contributed by atoms with Gasteiger partial charge in [0.2, 0.25) is 0 Å². The van der Waals surface area contributed by atoms with Crippen molar-refractivity contribution in [2.24, 2.45) is 5.10 Å². The zero-order chi connectivity index (χ0) is 19.4. The lowest BCUT2D eigenvalue weighted by Gasteiger charge is -2.12. The van der Waals surface area contributed by atoms with Gasteiger partial charge in [-0.05, 0) is 36.6 Å². The summed E-state index contributed by atoms with van der Waals surface area (Å²) in [6.45, 7) is 4.61. The fourth-order valence-corrected chi connectivity index (χ4v) is 3.71. The predicted octanol–water partition coefficient (Wildman–Crippen LogP) is 4.35. The Morgan fingerprint density at radius 1 is 1.33 bits per heavy atom. The molecule has 8 heteroatoms. The van der Waals surface area contributed by atoms with Gasteiger partial charge in [0, 0.05) is 4.88 Å². The van der Waals surface area contributed by atoms with E-state index in [4.69, 9.17) is 21.1 Å². The molecule has 27 heavy (non-hydrogen) atoms. The van der Waals surface area contributed by atoms with E-state index < -0.39 is 0 Å². The van der Waals surface area contributed by atoms with Crippen LogP contribution in [0.5, 0.6) is 11.5 Å². The normalized spacial score (nSPS) is 11.4. The summed E-state index contributed by atoms with van der Waals surface area (Å²) in [7, 11) is 1.55. The fraction of sp³-hybridized carbons (Fsp3) is 0.316. The quantitative estimate of drug-likeness (QED) is 0.548. The van der Waals surface area contributed by atoms with Crippen LogP contribution in [0.25, 0.3) is 10.2 Å². The van der Waals surface area contributed by atoms with Gasteiger partial charge in [-0.15, -0.1) is 11.3 Å². The van der Waals surface area contributed by atoms with Crippen LogP contribution in [-0.4, -0.2) is 29.6 Å². The average molecular weight is 406 g/mol. The van der Waals surface area contributed by atoms with Crippen molar-refractivity contribution in [3.8, 4) is 11.5 Å². The number of aromatic nitrogens is 2. The summed E-state index contributed by atoms with van der Waals surface area (Å²) < 4.78 is 12.2. The Balaban J connectivity index is 1.94. The van der Waals surface area contributed by atoms with Gasteiger partial charge in [-0.3, -0.25) is 4.79 Å². The van der Waals surface area contributed by atoms with Crippen LogP contribution >= 0.6 is 22.9 Å². The number of hydrogen-bond acceptors (Lipinski definition) is 6. The van der Waals surface area contributed by atoms with Gasteiger partial charge < -0.3 is 9.47 Å². The maximum atomic E-state index is 12.6. The number of methoxy groups -OCH3 is 1. The highest BCUT2D eigenvalue weighted by Gasteiger charge is 2.12. The second-order valence-corrected chi connectivity index (χ2v) is 7.33. The standard InChI is InChI=1S/C19H20ClN3O3S/c1-4-6-26-17-15(20)7-12(8-16(17)25-3)10-22-23-11-21-18-14(19(23)24)9-13(5-2)27-18/h7-11H,4-6H2,1-3H3/b22-10-. The third-order valence-electron chi connectivity index (χ3n) is 3.87. The Bertz CT molecular complexity index is 1040. The number of ether oxygens (including phenoxy) is 2. The van der Waals surface area contributed by atoms with Gasteiger partial charge >= 0.3 is 0 Å². The van der Waals surface area contributed by atoms with Gasteiger partial charge in [-0.2, -0.15) is 9.78 Å². The van der Waals surface area contributed by atoms with E-state index in [1.54, 1.807) is 25.5 Å². The third kappa shape index (κ3) is 4.14. The lowest BCUT2D eigenvalue weighted by Crippen LogP contribution is -2.16. The largest absolute Gasteiger partial charge is 0.493 e. The van der Waals surface area contributed by atoms with Crippen molar-refractivity contribution in [3.63, 3.8) is 0 Å². The molecule has 142 valence electrons. The second-order valence-electron chi connectivity index (χ2n) is 5.81. The predicted molar refractivity (Wildman–Crippen MR) is 110 cm³/mol. The van der Waals surface area contributed by atoms with Crippen LogP contribution in [0.3, 0.4) is 0 Å². The molecular weight excluding hydrogens is 386 g/mol. The molecule has 0 aliphatic rings. The minimum absolute atomic E-state index is 0.201. The Morgan fingerprint density at radius 3 is 2.85 bits per heavy atom. The number of rotatable bonds is 7. The molecule has 0 aliphatic carbocycles. The maximum Gasteiger partial charge on any atom is 0.282 e. The Morgan fingerprint density at radius 2 is 2.15 bits per heavy atom. The second kappa shape index (κ2) is 8.54. The topological polar surface area (TPSA) is 65.7 Å². The highest BCUT2D eigenvalue weighted by Crippen LogP contribution is 2.36. The first-order valence-corrected chi connectivity index (χ1v) is 9.81. The molecule has 0 aliphatic heterocycles. The highest BCUT2D eigenvalue weighted by atomic mass is 35.5. The van der Waals surface area contributed by atoms with Gasteiger partial charge in [-0.1, -0.05) is 25.4 Å². The summed E-state index contributed by atoms with van der Waals surface area (Å²) in [5, 5.41) is 5.24. The van der Waals surface area contributed by atoms with Crippen molar-refractivity contribution in [3.05, 3.63) is 50.3 Å². The molecule has 6 nitrogen and oxygen atoms in total. The number of aryl methyl sites for hydroxylation is 1. The highest BCUT2D eigenvalue weighted by molar-refractivity contribution is 7.18. The minimum Gasteiger partial charge on any atom is -0.493 e. The monoisotopic (exact) mass is 405 g/mol. The molecule has 0 saturated heterocycles. The first-order chi connectivity index (χ1) is 13.1. The van der Waals surface area contributed by atoms with Crippen LogP contribution in [0.2, 0.25) is 5.02 Å². The summed E-state index contributed by atoms with van der Waals surface area (Å²) in [6, 6.07) is 5.35. The maximum absolute atomic E-state index is 12.6. The first-order valence-electron chi connectivity index (χ1n) is 8.62. The molecule has 0 unspecified atom stereocenters. The molecule has 3 rings (SSSR count). The Labute approximate surface area is 166 Å². The van der Waals surface area contributed by atoms with E-state index in [1.807, 2.05) is 19.9 Å². The molecule has 0 radical (unpaired) electrons. The third-order valence-corrected chi connectivity index (χ3v) is 5.34. The molecule has 2 aromatic heterocycles. The van der Waals surface area contributed by atoms with Crippen LogP contribution in [0, 0.1) is 0 Å². The van der Waals surface area contributed by atoms with E-state index in [-0.39, 0.29) is 5.56 Å². The number of thiophene rings is 1. The van der Waals surface area contributed by atoms with Gasteiger partial charge in [0.25, 0.3) is 5.56 Å². The van der Waals surface area contributed by atoms with Crippen LogP contribution in [0.15, 0.2) is 34.4 Å². The molecule has 0 N–H and O–H groups in total. The van der Waals surface area contributed by atoms with Crippen molar-refractivity contribution in [1.29, 1.82) is 0 Å². The van der Waals surface area contributed by atoms with Crippen LogP contribution in [0.4, 0.5) is 0 Å². The molecule has 1 aromatic carbocycles. The molecule has 0 spiro atoms. The van der Waals surface area contributed by atoms with Crippen LogP contribution in [0.1, 0.15) is 30.7 Å². The number of nitrogens with zero attached hydrogens (tertiary/aromatic N) is 3. The van der Waals surface area contributed by atoms with E-state index in [2.05, 4.69) is 10.1 Å². The van der Waals surface area contributed by atoms with Crippen LogP contribution in [-0.2, 0) is 6.42 Å². The van der Waals surface area contributed by atoms with Crippen molar-refractivity contribution in [2.75, 3.05) is 13.7 Å². The molecule has 0 amide bonds. The van der Waals surface area contributed by atoms with Crippen molar-refractivity contribution < 1.29 is 9.47 Å². The summed E-state index contributed by atoms with van der Waals surface area (Å²) in [5.41, 5.74) is 0.487. The fourth-order valence-electron chi connectivity index (χ4n) is 2.51. The molecule has 3 aromatic rings. The smallest absolute Gasteiger partial charge is 0.282 e. The SMILES string of the molecule is CCCOc1c(Cl)cc(/C=N\n2cnc3sc(CC)cc3c2=O)cc1OC. The Hall–Kier alpha value is -2.38. The number of hydrogen-bond donors (Lipinski definition) is 0. The zero-order valence-corrected chi connectivity index (χ0v) is 16.9. The van der Waals surface area contributed by atoms with E-state index >= 15 is 0 Å². The zero-order valence-electron chi connectivity index (χ0n) is 15.4. The number of benzene rings is 1. The van der Waals surface area contributed by atoms with Gasteiger partial charge in [0.05, 0.1) is 30.3 Å². The lowest BCUT2D eigenvalue weighted by molar-refractivity contribution is 0.294. The molecule has 0 bridgehead atoms. The summed E-state index contributed by atoms with van der Waals surface area (Å²) in [5.74, 6) is 1.02. The van der Waals surface area contributed by atoms with E-state index in [0.717, 1.165) is 22.5 Å². The van der Waals surface area contributed by atoms with Crippen molar-refractivity contribution in [1.82, 2.24) is 9.66 Å². The van der Waals surface area contributed by atoms with E-state index in [9.17, 15) is 4.79 Å².